The average Bonchev–Trinajstić information content (AvgIpc) is 2.50. The second kappa shape index (κ2) is 3.99. The quantitative estimate of drug-likeness (QED) is 0.873. The minimum Gasteiger partial charge on any atom is -0.319 e. The normalized spacial score (nSPS) is 17.0. The van der Waals surface area contributed by atoms with E-state index in [0.29, 0.717) is 13.0 Å². The number of fused-ring (bicyclic) bond motifs is 1. The Bertz CT molecular complexity index is 549. The van der Waals surface area contributed by atoms with Crippen molar-refractivity contribution in [3.05, 3.63) is 34.5 Å². The van der Waals surface area contributed by atoms with Crippen LogP contribution >= 0.6 is 0 Å². The summed E-state index contributed by atoms with van der Waals surface area (Å²) in [6, 6.07) is 4.13. The van der Waals surface area contributed by atoms with Crippen LogP contribution in [-0.2, 0) is 9.84 Å². The van der Waals surface area contributed by atoms with Crippen molar-refractivity contribution in [2.45, 2.75) is 11.3 Å². The molecule has 0 atom stereocenters. The van der Waals surface area contributed by atoms with Crippen LogP contribution < -0.4 is 5.32 Å². The highest BCUT2D eigenvalue weighted by molar-refractivity contribution is 7.95. The predicted octanol–water partition coefficient (Wildman–Crippen LogP) is 1.56. The topological polar surface area (TPSA) is 46.2 Å². The monoisotopic (exact) mass is 241 g/mol. The van der Waals surface area contributed by atoms with Crippen molar-refractivity contribution in [1.29, 1.82) is 0 Å². The number of halogens is 1. The van der Waals surface area contributed by atoms with E-state index in [1.54, 1.807) is 7.05 Å². The first-order chi connectivity index (χ1) is 7.57. The molecule has 5 heteroatoms. The van der Waals surface area contributed by atoms with Crippen LogP contribution in [0.25, 0.3) is 6.08 Å². The van der Waals surface area contributed by atoms with Crippen molar-refractivity contribution >= 4 is 15.9 Å². The van der Waals surface area contributed by atoms with E-state index in [2.05, 4.69) is 5.32 Å². The zero-order valence-corrected chi connectivity index (χ0v) is 9.64. The van der Waals surface area contributed by atoms with Gasteiger partial charge in [-0.15, -0.1) is 0 Å². The Labute approximate surface area is 93.9 Å². The average molecular weight is 241 g/mol. The number of nitrogens with one attached hydrogen (secondary N) is 1. The Balaban J connectivity index is 2.49. The van der Waals surface area contributed by atoms with Gasteiger partial charge in [0.1, 0.15) is 5.82 Å². The van der Waals surface area contributed by atoms with E-state index in [0.717, 1.165) is 0 Å². The highest BCUT2D eigenvalue weighted by Gasteiger charge is 2.30. The van der Waals surface area contributed by atoms with Gasteiger partial charge in [0.25, 0.3) is 0 Å². The van der Waals surface area contributed by atoms with E-state index in [1.807, 2.05) is 0 Å². The lowest BCUT2D eigenvalue weighted by atomic mass is 10.2. The molecule has 0 amide bonds. The Morgan fingerprint density at radius 3 is 2.75 bits per heavy atom. The Morgan fingerprint density at radius 2 is 2.12 bits per heavy atom. The zero-order valence-electron chi connectivity index (χ0n) is 8.83. The van der Waals surface area contributed by atoms with Crippen LogP contribution in [0.1, 0.15) is 12.0 Å². The van der Waals surface area contributed by atoms with E-state index in [9.17, 15) is 12.8 Å². The van der Waals surface area contributed by atoms with Gasteiger partial charge in [0.2, 0.25) is 9.84 Å². The molecule has 0 radical (unpaired) electrons. The lowest BCUT2D eigenvalue weighted by Crippen LogP contribution is -2.11. The first kappa shape index (κ1) is 11.3. The van der Waals surface area contributed by atoms with Gasteiger partial charge in [-0.3, -0.25) is 0 Å². The smallest absolute Gasteiger partial charge is 0.203 e. The van der Waals surface area contributed by atoms with Crippen molar-refractivity contribution in [3.63, 3.8) is 0 Å². The van der Waals surface area contributed by atoms with Crippen molar-refractivity contribution in [3.8, 4) is 0 Å². The van der Waals surface area contributed by atoms with Gasteiger partial charge in [0.15, 0.2) is 0 Å². The summed E-state index contributed by atoms with van der Waals surface area (Å²) in [7, 11) is -1.71. The van der Waals surface area contributed by atoms with Crippen LogP contribution in [0.4, 0.5) is 4.39 Å². The molecule has 0 fully saturated rings. The fourth-order valence-electron chi connectivity index (χ4n) is 1.73. The van der Waals surface area contributed by atoms with E-state index in [1.165, 1.54) is 24.3 Å². The molecule has 1 aromatic rings. The Hall–Kier alpha value is -1.20. The Morgan fingerprint density at radius 1 is 1.38 bits per heavy atom. The molecule has 16 heavy (non-hydrogen) atoms. The molecule has 1 aliphatic heterocycles. The third kappa shape index (κ3) is 1.66. The number of benzene rings is 1. The van der Waals surface area contributed by atoms with Gasteiger partial charge in [0.05, 0.1) is 9.80 Å². The Kier molecular flexibility index (Phi) is 2.82. The van der Waals surface area contributed by atoms with Gasteiger partial charge >= 0.3 is 0 Å². The summed E-state index contributed by atoms with van der Waals surface area (Å²) < 4.78 is 37.4. The maximum Gasteiger partial charge on any atom is 0.203 e. The molecule has 0 unspecified atom stereocenters. The minimum absolute atomic E-state index is 0.0820. The van der Waals surface area contributed by atoms with Gasteiger partial charge in [-0.1, -0.05) is 6.07 Å². The fraction of sp³-hybridized carbons (Fsp3) is 0.273. The number of hydrogen-bond acceptors (Lipinski definition) is 3. The van der Waals surface area contributed by atoms with Crippen LogP contribution in [0.5, 0.6) is 0 Å². The number of sulfone groups is 1. The second-order valence-corrected chi connectivity index (χ2v) is 5.59. The number of rotatable bonds is 3. The van der Waals surface area contributed by atoms with Crippen molar-refractivity contribution in [1.82, 2.24) is 5.32 Å². The summed E-state index contributed by atoms with van der Waals surface area (Å²) >= 11 is 0. The predicted molar refractivity (Wildman–Crippen MR) is 60.1 cm³/mol. The second-order valence-electron chi connectivity index (χ2n) is 3.62. The van der Waals surface area contributed by atoms with E-state index in [-0.39, 0.29) is 15.4 Å². The van der Waals surface area contributed by atoms with Gasteiger partial charge in [0, 0.05) is 5.56 Å². The van der Waals surface area contributed by atoms with Crippen molar-refractivity contribution in [2.75, 3.05) is 13.6 Å². The van der Waals surface area contributed by atoms with E-state index >= 15 is 0 Å². The van der Waals surface area contributed by atoms with Crippen LogP contribution in [0, 0.1) is 5.82 Å². The van der Waals surface area contributed by atoms with Crippen LogP contribution in [0.3, 0.4) is 0 Å². The molecular formula is C11H12FNO2S. The molecule has 2 rings (SSSR count). The lowest BCUT2D eigenvalue weighted by molar-refractivity contribution is 0.596. The first-order valence-electron chi connectivity index (χ1n) is 4.96. The SMILES string of the molecule is CNCCC1=Cc2c(F)cccc2S1(=O)=O. The van der Waals surface area contributed by atoms with E-state index in [4.69, 9.17) is 0 Å². The lowest BCUT2D eigenvalue weighted by Gasteiger charge is -2.02. The zero-order chi connectivity index (χ0) is 11.8. The standard InChI is InChI=1S/C11H12FNO2S/c1-13-6-5-8-7-9-10(12)3-2-4-11(9)16(8,14)15/h2-4,7,13H,5-6H2,1H3. The molecule has 0 spiro atoms. The van der Waals surface area contributed by atoms with Crippen molar-refractivity contribution < 1.29 is 12.8 Å². The molecule has 1 aromatic carbocycles. The minimum atomic E-state index is -3.46. The van der Waals surface area contributed by atoms with Gasteiger partial charge in [-0.05, 0) is 38.2 Å². The molecule has 3 nitrogen and oxygen atoms in total. The molecule has 86 valence electrons. The van der Waals surface area contributed by atoms with Gasteiger partial charge < -0.3 is 5.32 Å². The first-order valence-corrected chi connectivity index (χ1v) is 6.44. The fourth-order valence-corrected chi connectivity index (χ4v) is 3.36. The molecular weight excluding hydrogens is 229 g/mol. The summed E-state index contributed by atoms with van der Waals surface area (Å²) in [5.74, 6) is -0.486. The van der Waals surface area contributed by atoms with Gasteiger partial charge in [-0.2, -0.15) is 0 Å². The summed E-state index contributed by atoms with van der Waals surface area (Å²) in [6.07, 6.45) is 1.81. The molecule has 1 heterocycles. The van der Waals surface area contributed by atoms with Gasteiger partial charge in [-0.25, -0.2) is 12.8 Å². The molecule has 1 aliphatic rings. The van der Waals surface area contributed by atoms with Crippen LogP contribution in [-0.4, -0.2) is 22.0 Å². The summed E-state index contributed by atoms with van der Waals surface area (Å²) in [5, 5.41) is 2.87. The maximum atomic E-state index is 13.4. The summed E-state index contributed by atoms with van der Waals surface area (Å²) in [6.45, 7) is 0.556. The third-order valence-corrected chi connectivity index (χ3v) is 4.52. The van der Waals surface area contributed by atoms with Crippen LogP contribution in [0.2, 0.25) is 0 Å². The number of hydrogen-bond donors (Lipinski definition) is 1. The highest BCUT2D eigenvalue weighted by Crippen LogP contribution is 2.35. The molecule has 0 bridgehead atoms. The van der Waals surface area contributed by atoms with E-state index < -0.39 is 15.7 Å². The summed E-state index contributed by atoms with van der Waals surface area (Å²) in [4.78, 5) is 0.362. The molecule has 0 aromatic heterocycles. The molecule has 0 saturated carbocycles. The summed E-state index contributed by atoms with van der Waals surface area (Å²) in [5.41, 5.74) is 0.189. The third-order valence-electron chi connectivity index (χ3n) is 2.57. The molecule has 0 aliphatic carbocycles. The highest BCUT2D eigenvalue weighted by atomic mass is 32.2. The van der Waals surface area contributed by atoms with Crippen LogP contribution in [0.15, 0.2) is 28.0 Å². The molecule has 0 saturated heterocycles. The maximum absolute atomic E-state index is 13.4. The largest absolute Gasteiger partial charge is 0.319 e. The molecule has 1 N–H and O–H groups in total. The van der Waals surface area contributed by atoms with Crippen molar-refractivity contribution in [2.24, 2.45) is 0 Å².